The average molecular weight is 568 g/mol. The largest absolute Gasteiger partial charge is 0.496 e. The number of carbonyl (C=O) groups excluding carboxylic acids is 1. The molecular formula is C34H46FNO5. The van der Waals surface area contributed by atoms with Gasteiger partial charge in [0.2, 0.25) is 5.91 Å². The number of carbonyl (C=O) groups is 2. The summed E-state index contributed by atoms with van der Waals surface area (Å²) in [6.45, 7) is 12.4. The Morgan fingerprint density at radius 1 is 1.00 bits per heavy atom. The van der Waals surface area contributed by atoms with E-state index < -0.39 is 41.3 Å². The fourth-order valence-corrected chi connectivity index (χ4v) is 6.73. The van der Waals surface area contributed by atoms with Gasteiger partial charge in [0.25, 0.3) is 0 Å². The summed E-state index contributed by atoms with van der Waals surface area (Å²) in [5.41, 5.74) is 1.56. The summed E-state index contributed by atoms with van der Waals surface area (Å²) >= 11 is 0. The Morgan fingerprint density at radius 3 is 2.22 bits per heavy atom. The summed E-state index contributed by atoms with van der Waals surface area (Å²) in [6, 6.07) is 10.3. The van der Waals surface area contributed by atoms with E-state index in [1.165, 1.54) is 11.0 Å². The molecule has 1 amide bonds. The number of aliphatic carboxylic acids is 1. The van der Waals surface area contributed by atoms with Crippen LogP contribution < -0.4 is 4.74 Å². The summed E-state index contributed by atoms with van der Waals surface area (Å²) in [7, 11) is 1.61. The molecule has 1 heterocycles. The molecule has 41 heavy (non-hydrogen) atoms. The van der Waals surface area contributed by atoms with Crippen LogP contribution in [-0.4, -0.2) is 41.1 Å². The maximum absolute atomic E-state index is 15.6. The number of halogens is 1. The zero-order valence-corrected chi connectivity index (χ0v) is 25.6. The van der Waals surface area contributed by atoms with Crippen molar-refractivity contribution in [1.29, 1.82) is 0 Å². The second kappa shape index (κ2) is 12.1. The van der Waals surface area contributed by atoms with Crippen LogP contribution in [0.2, 0.25) is 0 Å². The first-order valence-corrected chi connectivity index (χ1v) is 14.8. The van der Waals surface area contributed by atoms with E-state index in [0.29, 0.717) is 18.6 Å². The highest BCUT2D eigenvalue weighted by Crippen LogP contribution is 2.51. The van der Waals surface area contributed by atoms with E-state index in [1.54, 1.807) is 25.3 Å². The molecular weight excluding hydrogens is 521 g/mol. The molecule has 1 saturated heterocycles. The van der Waals surface area contributed by atoms with Gasteiger partial charge in [0.1, 0.15) is 17.6 Å². The lowest BCUT2D eigenvalue weighted by atomic mass is 9.73. The van der Waals surface area contributed by atoms with Gasteiger partial charge in [-0.05, 0) is 47.4 Å². The molecule has 2 fully saturated rings. The van der Waals surface area contributed by atoms with Gasteiger partial charge in [-0.15, -0.1) is 0 Å². The smallest absolute Gasteiger partial charge is 0.326 e. The van der Waals surface area contributed by atoms with Crippen LogP contribution in [0.1, 0.15) is 96.4 Å². The Bertz CT molecular complexity index is 1240. The van der Waals surface area contributed by atoms with Gasteiger partial charge in [-0.2, -0.15) is 0 Å². The number of hydrogen-bond acceptors (Lipinski definition) is 4. The predicted molar refractivity (Wildman–Crippen MR) is 157 cm³/mol. The minimum Gasteiger partial charge on any atom is -0.496 e. The molecule has 1 aliphatic carbocycles. The zero-order chi connectivity index (χ0) is 30.1. The molecule has 1 saturated carbocycles. The Kier molecular flexibility index (Phi) is 9.17. The summed E-state index contributed by atoms with van der Waals surface area (Å²) < 4.78 is 27.9. The van der Waals surface area contributed by atoms with Crippen molar-refractivity contribution in [2.24, 2.45) is 17.3 Å². The molecule has 2 aromatic carbocycles. The molecule has 1 N–H and O–H groups in total. The maximum atomic E-state index is 15.6. The molecule has 4 atom stereocenters. The summed E-state index contributed by atoms with van der Waals surface area (Å²) in [5.74, 6) is -1.97. The molecule has 0 spiro atoms. The van der Waals surface area contributed by atoms with Crippen molar-refractivity contribution in [3.05, 3.63) is 65.0 Å². The summed E-state index contributed by atoms with van der Waals surface area (Å²) in [6.07, 6.45) is 3.60. The van der Waals surface area contributed by atoms with Crippen molar-refractivity contribution in [3.63, 3.8) is 0 Å². The van der Waals surface area contributed by atoms with Gasteiger partial charge in [0.05, 0.1) is 25.9 Å². The zero-order valence-electron chi connectivity index (χ0n) is 25.6. The Labute approximate surface area is 244 Å². The molecule has 224 valence electrons. The standard InChI is InChI=1S/C34H46FNO5/c1-33(2,3)23-17-18-26(40-7)22(19-23)20-41-30-27(34(4,5)6)29(32(38)39)36(31(37)21-13-9-8-10-14-21)28(30)24-15-11-12-16-25(24)35/h11-12,15-19,21,27-30H,8-10,13-14,20H2,1-7H3,(H,38,39)/t27-,28+,29+,30+/m1/s1. The second-order valence-electron chi connectivity index (χ2n) is 13.8. The predicted octanol–water partition coefficient (Wildman–Crippen LogP) is 7.30. The number of nitrogens with zero attached hydrogens (tertiary/aromatic N) is 1. The molecule has 4 rings (SSSR count). The van der Waals surface area contributed by atoms with Crippen LogP contribution >= 0.6 is 0 Å². The van der Waals surface area contributed by atoms with Crippen LogP contribution in [0.25, 0.3) is 0 Å². The molecule has 0 bridgehead atoms. The molecule has 2 aromatic rings. The van der Waals surface area contributed by atoms with Crippen molar-refractivity contribution in [1.82, 2.24) is 4.90 Å². The highest BCUT2D eigenvalue weighted by atomic mass is 19.1. The molecule has 6 nitrogen and oxygen atoms in total. The number of methoxy groups -OCH3 is 1. The monoisotopic (exact) mass is 567 g/mol. The number of benzene rings is 2. The number of carboxylic acids is 1. The Hall–Kier alpha value is -2.93. The third-order valence-corrected chi connectivity index (χ3v) is 8.87. The van der Waals surface area contributed by atoms with Crippen LogP contribution in [0, 0.1) is 23.1 Å². The molecule has 2 aliphatic rings. The number of ether oxygens (including phenoxy) is 2. The lowest BCUT2D eigenvalue weighted by Gasteiger charge is -2.35. The minimum absolute atomic E-state index is 0.102. The van der Waals surface area contributed by atoms with E-state index in [0.717, 1.165) is 30.4 Å². The van der Waals surface area contributed by atoms with Gasteiger partial charge >= 0.3 is 5.97 Å². The lowest BCUT2D eigenvalue weighted by molar-refractivity contribution is -0.154. The quantitative estimate of drug-likeness (QED) is 0.380. The highest BCUT2D eigenvalue weighted by Gasteiger charge is 2.59. The van der Waals surface area contributed by atoms with Crippen molar-refractivity contribution < 1.29 is 28.6 Å². The third-order valence-electron chi connectivity index (χ3n) is 8.87. The van der Waals surface area contributed by atoms with Gasteiger partial charge in [-0.1, -0.05) is 85.1 Å². The van der Waals surface area contributed by atoms with Gasteiger partial charge in [-0.3, -0.25) is 4.79 Å². The number of rotatable bonds is 7. The van der Waals surface area contributed by atoms with Gasteiger partial charge in [-0.25, -0.2) is 9.18 Å². The van der Waals surface area contributed by atoms with Crippen molar-refractivity contribution in [3.8, 4) is 5.75 Å². The molecule has 0 aromatic heterocycles. The van der Waals surface area contributed by atoms with Crippen LogP contribution in [0.4, 0.5) is 4.39 Å². The van der Waals surface area contributed by atoms with Crippen molar-refractivity contribution in [2.45, 2.75) is 104 Å². The SMILES string of the molecule is COc1ccc(C(C)(C)C)cc1CO[C@H]1[C@H](C(C)(C)C)[C@@H](C(=O)O)N(C(=O)C2CCCCC2)[C@H]1c1ccccc1F. The Morgan fingerprint density at radius 2 is 1.66 bits per heavy atom. The van der Waals surface area contributed by atoms with Gasteiger partial charge in [0.15, 0.2) is 0 Å². The molecule has 7 heteroatoms. The number of likely N-dealkylation sites (tertiary alicyclic amines) is 1. The van der Waals surface area contributed by atoms with E-state index in [1.807, 2.05) is 32.9 Å². The van der Waals surface area contributed by atoms with Crippen molar-refractivity contribution in [2.75, 3.05) is 7.11 Å². The van der Waals surface area contributed by atoms with Crippen LogP contribution in [0.15, 0.2) is 42.5 Å². The fraction of sp³-hybridized carbons (Fsp3) is 0.588. The summed E-state index contributed by atoms with van der Waals surface area (Å²) in [4.78, 5) is 28.7. The minimum atomic E-state index is -1.15. The van der Waals surface area contributed by atoms with E-state index in [2.05, 4.69) is 26.8 Å². The second-order valence-corrected chi connectivity index (χ2v) is 13.8. The maximum Gasteiger partial charge on any atom is 0.326 e. The van der Waals surface area contributed by atoms with E-state index in [4.69, 9.17) is 9.47 Å². The van der Waals surface area contributed by atoms with Crippen LogP contribution in [-0.2, 0) is 26.3 Å². The molecule has 0 radical (unpaired) electrons. The average Bonchev–Trinajstić information content (AvgIpc) is 3.27. The highest BCUT2D eigenvalue weighted by molar-refractivity contribution is 5.87. The van der Waals surface area contributed by atoms with E-state index in [-0.39, 0.29) is 29.4 Å². The van der Waals surface area contributed by atoms with E-state index >= 15 is 4.39 Å². The molecule has 0 unspecified atom stereocenters. The number of hydrogen-bond donors (Lipinski definition) is 1. The Balaban J connectivity index is 1.84. The fourth-order valence-electron chi connectivity index (χ4n) is 6.73. The lowest BCUT2D eigenvalue weighted by Crippen LogP contribution is -2.49. The van der Waals surface area contributed by atoms with Crippen molar-refractivity contribution >= 4 is 11.9 Å². The summed E-state index contributed by atoms with van der Waals surface area (Å²) in [5, 5.41) is 10.6. The van der Waals surface area contributed by atoms with Gasteiger partial charge in [0, 0.05) is 23.0 Å². The first-order valence-electron chi connectivity index (χ1n) is 14.8. The molecule has 1 aliphatic heterocycles. The van der Waals surface area contributed by atoms with Crippen LogP contribution in [0.5, 0.6) is 5.75 Å². The van der Waals surface area contributed by atoms with Crippen LogP contribution in [0.3, 0.4) is 0 Å². The van der Waals surface area contributed by atoms with Gasteiger partial charge < -0.3 is 19.5 Å². The first kappa shape index (κ1) is 31.0. The van der Waals surface area contributed by atoms with E-state index in [9.17, 15) is 14.7 Å². The normalized spacial score (nSPS) is 24.0. The number of carboxylic acid groups (broad SMARTS) is 1. The number of amides is 1. The third kappa shape index (κ3) is 6.45. The first-order chi connectivity index (χ1) is 19.3. The topological polar surface area (TPSA) is 76.1 Å².